The number of anilines is 1. The summed E-state index contributed by atoms with van der Waals surface area (Å²) in [4.78, 5) is 23.1. The second-order valence-corrected chi connectivity index (χ2v) is 8.56. The normalized spacial score (nSPS) is 18.0. The molecule has 1 saturated carbocycles. The highest BCUT2D eigenvalue weighted by Crippen LogP contribution is 2.28. The number of nitrogens with two attached hydrogens (primary N) is 1. The molecule has 1 aliphatic carbocycles. The maximum Gasteiger partial charge on any atom is 0.220 e. The molecule has 1 saturated heterocycles. The number of piperidine rings is 1. The summed E-state index contributed by atoms with van der Waals surface area (Å²) in [5.74, 6) is 2.57. The van der Waals surface area contributed by atoms with E-state index in [0.29, 0.717) is 6.54 Å². The first kappa shape index (κ1) is 25.7. The van der Waals surface area contributed by atoms with E-state index in [9.17, 15) is 4.79 Å². The van der Waals surface area contributed by atoms with E-state index in [0.717, 1.165) is 62.3 Å². The molecule has 0 aromatic carbocycles. The average Bonchev–Trinajstić information content (AvgIpc) is 3.29. The van der Waals surface area contributed by atoms with Crippen molar-refractivity contribution in [1.29, 1.82) is 0 Å². The number of pyridine rings is 1. The molecule has 0 bridgehead atoms. The highest BCUT2D eigenvalue weighted by Gasteiger charge is 2.24. The van der Waals surface area contributed by atoms with Gasteiger partial charge in [-0.1, -0.05) is 31.7 Å². The van der Waals surface area contributed by atoms with E-state index in [1.165, 1.54) is 38.5 Å². The molecule has 31 heavy (non-hydrogen) atoms. The average molecular weight is 543 g/mol. The van der Waals surface area contributed by atoms with Crippen molar-refractivity contribution < 1.29 is 4.79 Å². The summed E-state index contributed by atoms with van der Waals surface area (Å²) in [6.07, 6.45) is 11.6. The molecule has 1 aromatic rings. The Kier molecular flexibility index (Phi) is 11.4. The second-order valence-electron chi connectivity index (χ2n) is 8.56. The Bertz CT molecular complexity index is 699. The number of amides is 1. The van der Waals surface area contributed by atoms with E-state index in [4.69, 9.17) is 10.7 Å². The van der Waals surface area contributed by atoms with Crippen molar-refractivity contribution in [2.24, 2.45) is 22.6 Å². The number of rotatable bonds is 9. The third-order valence-electron chi connectivity index (χ3n) is 6.37. The van der Waals surface area contributed by atoms with Gasteiger partial charge >= 0.3 is 0 Å². The largest absolute Gasteiger partial charge is 0.369 e. The van der Waals surface area contributed by atoms with Crippen LogP contribution in [0.15, 0.2) is 23.3 Å². The number of hydrogen-bond donors (Lipinski definition) is 3. The molecule has 174 valence electrons. The zero-order valence-corrected chi connectivity index (χ0v) is 21.1. The summed E-state index contributed by atoms with van der Waals surface area (Å²) < 4.78 is 0. The Balaban J connectivity index is 0.00000341. The first-order chi connectivity index (χ1) is 14.7. The fourth-order valence-electron chi connectivity index (χ4n) is 4.62. The number of nitrogens with one attached hydrogen (secondary N) is 2. The molecule has 7 nitrogen and oxygen atoms in total. The van der Waals surface area contributed by atoms with Crippen LogP contribution < -0.4 is 21.3 Å². The summed E-state index contributed by atoms with van der Waals surface area (Å²) >= 11 is 0. The Morgan fingerprint density at radius 1 is 1.23 bits per heavy atom. The number of aliphatic imine (C=N–C) groups is 1. The van der Waals surface area contributed by atoms with Crippen molar-refractivity contribution in [3.63, 3.8) is 0 Å². The second kappa shape index (κ2) is 13.8. The molecular formula is C23H39IN6O. The topological polar surface area (TPSA) is 95.6 Å². The van der Waals surface area contributed by atoms with E-state index in [-0.39, 0.29) is 35.8 Å². The number of hydrogen-bond acceptors (Lipinski definition) is 4. The zero-order valence-electron chi connectivity index (χ0n) is 18.8. The first-order valence-corrected chi connectivity index (χ1v) is 11.7. The molecule has 8 heteroatoms. The summed E-state index contributed by atoms with van der Waals surface area (Å²) in [6.45, 7) is 6.09. The van der Waals surface area contributed by atoms with Crippen LogP contribution in [0.2, 0.25) is 0 Å². The van der Waals surface area contributed by atoms with Gasteiger partial charge in [-0.3, -0.25) is 4.79 Å². The van der Waals surface area contributed by atoms with Crippen LogP contribution in [0.4, 0.5) is 5.82 Å². The van der Waals surface area contributed by atoms with Crippen LogP contribution in [0, 0.1) is 11.8 Å². The predicted octanol–water partition coefficient (Wildman–Crippen LogP) is 3.43. The lowest BCUT2D eigenvalue weighted by atomic mass is 9.96. The smallest absolute Gasteiger partial charge is 0.220 e. The minimum absolute atomic E-state index is 0. The maximum absolute atomic E-state index is 11.4. The lowest BCUT2D eigenvalue weighted by Crippen LogP contribution is -2.39. The van der Waals surface area contributed by atoms with E-state index < -0.39 is 0 Å². The number of primary amides is 1. The quantitative estimate of drug-likeness (QED) is 0.192. The lowest BCUT2D eigenvalue weighted by Gasteiger charge is -2.32. The third-order valence-corrected chi connectivity index (χ3v) is 6.37. The van der Waals surface area contributed by atoms with Crippen LogP contribution in [0.5, 0.6) is 0 Å². The van der Waals surface area contributed by atoms with Gasteiger partial charge in [-0.2, -0.15) is 0 Å². The Morgan fingerprint density at radius 3 is 2.65 bits per heavy atom. The summed E-state index contributed by atoms with van der Waals surface area (Å²) in [5.41, 5.74) is 6.58. The molecule has 0 unspecified atom stereocenters. The van der Waals surface area contributed by atoms with Crippen molar-refractivity contribution in [1.82, 2.24) is 15.6 Å². The van der Waals surface area contributed by atoms with Gasteiger partial charge in [0.1, 0.15) is 5.82 Å². The van der Waals surface area contributed by atoms with E-state index in [2.05, 4.69) is 33.5 Å². The molecule has 4 N–H and O–H groups in total. The van der Waals surface area contributed by atoms with E-state index in [1.807, 2.05) is 12.3 Å². The van der Waals surface area contributed by atoms with Crippen LogP contribution in [-0.2, 0) is 11.3 Å². The Hall–Kier alpha value is -1.58. The van der Waals surface area contributed by atoms with Gasteiger partial charge in [0.25, 0.3) is 0 Å². The maximum atomic E-state index is 11.4. The summed E-state index contributed by atoms with van der Waals surface area (Å²) in [7, 11) is 0. The van der Waals surface area contributed by atoms with Crippen molar-refractivity contribution in [3.8, 4) is 0 Å². The van der Waals surface area contributed by atoms with Gasteiger partial charge in [0.15, 0.2) is 5.96 Å². The third kappa shape index (κ3) is 8.12. The van der Waals surface area contributed by atoms with Crippen molar-refractivity contribution in [2.75, 3.05) is 31.1 Å². The molecule has 2 aliphatic rings. The van der Waals surface area contributed by atoms with E-state index in [1.54, 1.807) is 0 Å². The minimum Gasteiger partial charge on any atom is -0.369 e. The summed E-state index contributed by atoms with van der Waals surface area (Å²) in [5, 5.41) is 6.84. The molecule has 0 spiro atoms. The number of guanidine groups is 1. The molecule has 2 fully saturated rings. The molecule has 0 atom stereocenters. The van der Waals surface area contributed by atoms with Gasteiger partial charge in [-0.25, -0.2) is 9.98 Å². The van der Waals surface area contributed by atoms with Crippen molar-refractivity contribution in [2.45, 2.75) is 64.8 Å². The van der Waals surface area contributed by atoms with Gasteiger partial charge in [0, 0.05) is 43.9 Å². The number of carbonyl (C=O) groups is 1. The molecule has 2 heterocycles. The highest BCUT2D eigenvalue weighted by molar-refractivity contribution is 14.0. The number of carbonyl (C=O) groups excluding carboxylic acids is 1. The van der Waals surface area contributed by atoms with Crippen LogP contribution in [0.1, 0.15) is 63.9 Å². The molecular weight excluding hydrogens is 503 g/mol. The van der Waals surface area contributed by atoms with Crippen molar-refractivity contribution in [3.05, 3.63) is 23.9 Å². The fraction of sp³-hybridized carbons (Fsp3) is 0.696. The van der Waals surface area contributed by atoms with Crippen molar-refractivity contribution >= 4 is 41.7 Å². The zero-order chi connectivity index (χ0) is 21.2. The van der Waals surface area contributed by atoms with Crippen LogP contribution in [-0.4, -0.2) is 43.0 Å². The highest BCUT2D eigenvalue weighted by atomic mass is 127. The van der Waals surface area contributed by atoms with Gasteiger partial charge in [-0.05, 0) is 44.6 Å². The lowest BCUT2D eigenvalue weighted by molar-refractivity contribution is -0.122. The molecule has 0 radical (unpaired) electrons. The van der Waals surface area contributed by atoms with Crippen LogP contribution in [0.3, 0.4) is 0 Å². The van der Waals surface area contributed by atoms with Crippen LogP contribution in [0.25, 0.3) is 0 Å². The molecule has 1 aliphatic heterocycles. The molecule has 3 rings (SSSR count). The van der Waals surface area contributed by atoms with Gasteiger partial charge in [0.05, 0.1) is 6.54 Å². The number of nitrogens with zero attached hydrogens (tertiary/aromatic N) is 3. The number of halogens is 1. The fourth-order valence-corrected chi connectivity index (χ4v) is 4.62. The van der Waals surface area contributed by atoms with E-state index >= 15 is 0 Å². The van der Waals surface area contributed by atoms with Crippen LogP contribution >= 0.6 is 24.0 Å². The van der Waals surface area contributed by atoms with Gasteiger partial charge in [-0.15, -0.1) is 24.0 Å². The summed E-state index contributed by atoms with van der Waals surface area (Å²) in [6, 6.07) is 4.06. The Morgan fingerprint density at radius 2 is 1.97 bits per heavy atom. The van der Waals surface area contributed by atoms with Gasteiger partial charge in [0.2, 0.25) is 5.91 Å². The Labute approximate surface area is 204 Å². The first-order valence-electron chi connectivity index (χ1n) is 11.7. The minimum atomic E-state index is -0.185. The molecule has 1 amide bonds. The SMILES string of the molecule is CCNC(=NCc1cccnc1N1CCC(C(N)=O)CC1)NCCCC1CCCC1.I. The standard InChI is InChI=1S/C23H38N6O.HI/c1-2-25-23(27-14-5-9-18-7-3-4-8-18)28-17-20-10-6-13-26-22(20)29-15-11-19(12-16-29)21(24)30;/h6,10,13,18-19H,2-5,7-9,11-12,14-17H2,1H3,(H2,24,30)(H2,25,27,28);1H. The molecule has 1 aromatic heterocycles. The van der Waals surface area contributed by atoms with Gasteiger partial charge < -0.3 is 21.3 Å². The number of aromatic nitrogens is 1. The monoisotopic (exact) mass is 542 g/mol. The predicted molar refractivity (Wildman–Crippen MR) is 138 cm³/mol.